The zero-order valence-electron chi connectivity index (χ0n) is 8.21. The molecule has 1 heterocycles. The summed E-state index contributed by atoms with van der Waals surface area (Å²) >= 11 is 1.82. The van der Waals surface area contributed by atoms with E-state index in [4.69, 9.17) is 5.73 Å². The van der Waals surface area contributed by atoms with Gasteiger partial charge in [-0.2, -0.15) is 11.8 Å². The van der Waals surface area contributed by atoms with Gasteiger partial charge in [0, 0.05) is 23.4 Å². The van der Waals surface area contributed by atoms with Crippen molar-refractivity contribution in [1.29, 1.82) is 0 Å². The minimum absolute atomic E-state index is 0.594. The number of aromatic amines is 1. The molecule has 0 aliphatic rings. The SMILES string of the molecule is CSCc1cc2cccc(CN)c2[nH]1. The van der Waals surface area contributed by atoms with Gasteiger partial charge in [0.05, 0.1) is 5.52 Å². The van der Waals surface area contributed by atoms with Crippen molar-refractivity contribution in [3.63, 3.8) is 0 Å². The first kappa shape index (κ1) is 9.62. The lowest BCUT2D eigenvalue weighted by molar-refractivity contribution is 1.08. The second kappa shape index (κ2) is 4.07. The molecule has 3 heteroatoms. The van der Waals surface area contributed by atoms with Crippen molar-refractivity contribution in [2.24, 2.45) is 5.73 Å². The maximum atomic E-state index is 5.67. The van der Waals surface area contributed by atoms with Crippen molar-refractivity contribution < 1.29 is 0 Å². The van der Waals surface area contributed by atoms with E-state index in [-0.39, 0.29) is 0 Å². The first-order chi connectivity index (χ1) is 6.85. The summed E-state index contributed by atoms with van der Waals surface area (Å²) in [6.07, 6.45) is 2.11. The van der Waals surface area contributed by atoms with Gasteiger partial charge in [0.2, 0.25) is 0 Å². The second-order valence-corrected chi connectivity index (χ2v) is 4.18. The van der Waals surface area contributed by atoms with E-state index in [2.05, 4.69) is 35.5 Å². The molecule has 74 valence electrons. The lowest BCUT2D eigenvalue weighted by Crippen LogP contribution is -1.96. The highest BCUT2D eigenvalue weighted by atomic mass is 32.2. The summed E-state index contributed by atoms with van der Waals surface area (Å²) < 4.78 is 0. The molecule has 0 saturated carbocycles. The Balaban J connectivity index is 2.52. The molecule has 1 aromatic heterocycles. The van der Waals surface area contributed by atoms with E-state index in [1.165, 1.54) is 22.2 Å². The fraction of sp³-hybridized carbons (Fsp3) is 0.273. The molecule has 1 aromatic carbocycles. The Bertz CT molecular complexity index is 434. The fourth-order valence-electron chi connectivity index (χ4n) is 1.68. The molecule has 2 nitrogen and oxygen atoms in total. The topological polar surface area (TPSA) is 41.8 Å². The Morgan fingerprint density at radius 1 is 1.43 bits per heavy atom. The minimum Gasteiger partial charge on any atom is -0.357 e. The zero-order valence-corrected chi connectivity index (χ0v) is 9.03. The standard InChI is InChI=1S/C11H14N2S/c1-14-7-10-5-8-3-2-4-9(6-12)11(8)13-10/h2-5,13H,6-7,12H2,1H3. The number of hydrogen-bond donors (Lipinski definition) is 2. The molecule has 0 bridgehead atoms. The first-order valence-electron chi connectivity index (χ1n) is 4.63. The molecule has 0 radical (unpaired) electrons. The van der Waals surface area contributed by atoms with Crippen LogP contribution in [-0.2, 0) is 12.3 Å². The van der Waals surface area contributed by atoms with Crippen LogP contribution < -0.4 is 5.73 Å². The summed E-state index contributed by atoms with van der Waals surface area (Å²) in [5.41, 5.74) is 9.33. The van der Waals surface area contributed by atoms with Gasteiger partial charge in [-0.25, -0.2) is 0 Å². The van der Waals surface area contributed by atoms with E-state index in [1.807, 2.05) is 11.8 Å². The molecule has 0 atom stereocenters. The molecular formula is C11H14N2S. The maximum Gasteiger partial charge on any atom is 0.0501 e. The van der Waals surface area contributed by atoms with Crippen molar-refractivity contribution in [2.75, 3.05) is 6.26 Å². The smallest absolute Gasteiger partial charge is 0.0501 e. The molecule has 3 N–H and O–H groups in total. The normalized spacial score (nSPS) is 11.0. The van der Waals surface area contributed by atoms with E-state index in [9.17, 15) is 0 Å². The molecule has 2 rings (SSSR count). The highest BCUT2D eigenvalue weighted by Gasteiger charge is 2.03. The van der Waals surface area contributed by atoms with Crippen LogP contribution in [0.2, 0.25) is 0 Å². The zero-order chi connectivity index (χ0) is 9.97. The number of benzene rings is 1. The van der Waals surface area contributed by atoms with Crippen molar-refractivity contribution in [3.8, 4) is 0 Å². The molecule has 0 unspecified atom stereocenters. The number of nitrogens with one attached hydrogen (secondary N) is 1. The van der Waals surface area contributed by atoms with Crippen molar-refractivity contribution >= 4 is 22.7 Å². The van der Waals surface area contributed by atoms with E-state index in [1.54, 1.807) is 0 Å². The Hall–Kier alpha value is -0.930. The molecule has 0 amide bonds. The predicted molar refractivity (Wildman–Crippen MR) is 63.4 cm³/mol. The molecular weight excluding hydrogens is 192 g/mol. The Morgan fingerprint density at radius 3 is 3.00 bits per heavy atom. The second-order valence-electron chi connectivity index (χ2n) is 3.31. The van der Waals surface area contributed by atoms with Crippen LogP contribution >= 0.6 is 11.8 Å². The maximum absolute atomic E-state index is 5.67. The van der Waals surface area contributed by atoms with Crippen molar-refractivity contribution in [2.45, 2.75) is 12.3 Å². The van der Waals surface area contributed by atoms with Gasteiger partial charge in [-0.05, 0) is 17.9 Å². The number of thioether (sulfide) groups is 1. The third-order valence-electron chi connectivity index (χ3n) is 2.32. The predicted octanol–water partition coefficient (Wildman–Crippen LogP) is 2.49. The van der Waals surface area contributed by atoms with Crippen LogP contribution in [0.3, 0.4) is 0 Å². The van der Waals surface area contributed by atoms with E-state index in [0.29, 0.717) is 6.54 Å². The van der Waals surface area contributed by atoms with E-state index >= 15 is 0 Å². The summed E-state index contributed by atoms with van der Waals surface area (Å²) in [5.74, 6) is 1.03. The van der Waals surface area contributed by atoms with Crippen molar-refractivity contribution in [3.05, 3.63) is 35.5 Å². The van der Waals surface area contributed by atoms with Crippen LogP contribution in [-0.4, -0.2) is 11.2 Å². The Morgan fingerprint density at radius 2 is 2.29 bits per heavy atom. The van der Waals surface area contributed by atoms with Crippen LogP contribution in [0.1, 0.15) is 11.3 Å². The van der Waals surface area contributed by atoms with E-state index in [0.717, 1.165) is 5.75 Å². The van der Waals surface area contributed by atoms with Gasteiger partial charge in [-0.1, -0.05) is 18.2 Å². The van der Waals surface area contributed by atoms with Crippen LogP contribution in [0.4, 0.5) is 0 Å². The molecule has 14 heavy (non-hydrogen) atoms. The van der Waals surface area contributed by atoms with Crippen LogP contribution in [0.5, 0.6) is 0 Å². The van der Waals surface area contributed by atoms with Gasteiger partial charge in [-0.15, -0.1) is 0 Å². The summed E-state index contributed by atoms with van der Waals surface area (Å²) in [6, 6.07) is 8.45. The van der Waals surface area contributed by atoms with Gasteiger partial charge in [-0.3, -0.25) is 0 Å². The molecule has 0 spiro atoms. The van der Waals surface area contributed by atoms with Crippen LogP contribution in [0.25, 0.3) is 10.9 Å². The van der Waals surface area contributed by atoms with Gasteiger partial charge in [0.25, 0.3) is 0 Å². The number of para-hydroxylation sites is 1. The average Bonchev–Trinajstić information content (AvgIpc) is 2.60. The highest BCUT2D eigenvalue weighted by Crippen LogP contribution is 2.21. The van der Waals surface area contributed by atoms with E-state index < -0.39 is 0 Å². The molecule has 2 aromatic rings. The number of aromatic nitrogens is 1. The van der Waals surface area contributed by atoms with Gasteiger partial charge in [0.1, 0.15) is 0 Å². The minimum atomic E-state index is 0.594. The van der Waals surface area contributed by atoms with Crippen LogP contribution in [0.15, 0.2) is 24.3 Å². The number of fused-ring (bicyclic) bond motifs is 1. The third kappa shape index (κ3) is 1.65. The first-order valence-corrected chi connectivity index (χ1v) is 6.03. The quantitative estimate of drug-likeness (QED) is 0.810. The highest BCUT2D eigenvalue weighted by molar-refractivity contribution is 7.97. The monoisotopic (exact) mass is 206 g/mol. The average molecular weight is 206 g/mol. The van der Waals surface area contributed by atoms with Gasteiger partial charge in [0.15, 0.2) is 0 Å². The largest absolute Gasteiger partial charge is 0.357 e. The summed E-state index contributed by atoms with van der Waals surface area (Å²) in [6.45, 7) is 0.594. The number of H-pyrrole nitrogens is 1. The Kier molecular flexibility index (Phi) is 2.79. The summed E-state index contributed by atoms with van der Waals surface area (Å²) in [4.78, 5) is 3.42. The lowest BCUT2D eigenvalue weighted by Gasteiger charge is -1.97. The molecule has 0 saturated heterocycles. The molecule has 0 fully saturated rings. The van der Waals surface area contributed by atoms with Crippen molar-refractivity contribution in [1.82, 2.24) is 4.98 Å². The van der Waals surface area contributed by atoms with Crippen LogP contribution in [0, 0.1) is 0 Å². The number of rotatable bonds is 3. The third-order valence-corrected chi connectivity index (χ3v) is 2.92. The number of hydrogen-bond acceptors (Lipinski definition) is 2. The molecule has 0 aliphatic carbocycles. The molecule has 0 aliphatic heterocycles. The Labute approximate surface area is 87.9 Å². The number of nitrogens with two attached hydrogens (primary N) is 1. The van der Waals surface area contributed by atoms with Gasteiger partial charge >= 0.3 is 0 Å². The summed E-state index contributed by atoms with van der Waals surface area (Å²) in [5, 5.41) is 1.26. The van der Waals surface area contributed by atoms with Gasteiger partial charge < -0.3 is 10.7 Å². The summed E-state index contributed by atoms with van der Waals surface area (Å²) in [7, 11) is 0. The lowest BCUT2D eigenvalue weighted by atomic mass is 10.1. The fourth-order valence-corrected chi connectivity index (χ4v) is 2.15.